The Morgan fingerprint density at radius 3 is 2.46 bits per heavy atom. The quantitative estimate of drug-likeness (QED) is 0.560. The van der Waals surface area contributed by atoms with E-state index in [9.17, 15) is 4.79 Å². The molecule has 128 valence electrons. The third-order valence-corrected chi connectivity index (χ3v) is 4.83. The summed E-state index contributed by atoms with van der Waals surface area (Å²) in [5.41, 5.74) is 10.3. The van der Waals surface area contributed by atoms with E-state index in [0.717, 1.165) is 36.8 Å². The van der Waals surface area contributed by atoms with Crippen LogP contribution in [0.1, 0.15) is 71.3 Å². The van der Waals surface area contributed by atoms with Gasteiger partial charge in [0.1, 0.15) is 6.04 Å². The van der Waals surface area contributed by atoms with Crippen LogP contribution in [0.2, 0.25) is 0 Å². The number of hydrogen-bond donors (Lipinski definition) is 1. The van der Waals surface area contributed by atoms with E-state index < -0.39 is 0 Å². The van der Waals surface area contributed by atoms with Gasteiger partial charge in [0, 0.05) is 24.0 Å². The molecule has 1 atom stereocenters. The van der Waals surface area contributed by atoms with Gasteiger partial charge in [-0.15, -0.1) is 0 Å². The lowest BCUT2D eigenvalue weighted by Crippen LogP contribution is -2.53. The van der Waals surface area contributed by atoms with E-state index in [1.807, 2.05) is 31.2 Å². The molecule has 0 aromatic heterocycles. The van der Waals surface area contributed by atoms with E-state index >= 15 is 0 Å². The minimum atomic E-state index is 0.261. The monoisotopic (exact) mass is 324 g/mol. The Hall–Kier alpha value is -1.93. The van der Waals surface area contributed by atoms with Gasteiger partial charge < -0.3 is 5.73 Å². The summed E-state index contributed by atoms with van der Waals surface area (Å²) in [6.07, 6.45) is 4.72. The highest BCUT2D eigenvalue weighted by Crippen LogP contribution is 2.21. The standard InChI is InChI=1S/C22H29NO/c1-4-18-13-14-19(17(3)15-18)21(23)11-7-8-12-22(24)20-10-6-5-9-16(20)2/h5-6,9-10,13-15,21H,4,7-8,11-12,23H2,1-3H3/p+1. The van der Waals surface area contributed by atoms with Gasteiger partial charge in [0.15, 0.2) is 5.78 Å². The molecule has 2 nitrogen and oxygen atoms in total. The summed E-state index contributed by atoms with van der Waals surface area (Å²) in [5, 5.41) is 0. The molecule has 0 amide bonds. The molecule has 24 heavy (non-hydrogen) atoms. The van der Waals surface area contributed by atoms with Gasteiger partial charge in [0.05, 0.1) is 0 Å². The van der Waals surface area contributed by atoms with Crippen LogP contribution in [0.3, 0.4) is 0 Å². The number of quaternary nitrogens is 1. The number of ketones is 1. The zero-order valence-electron chi connectivity index (χ0n) is 15.3. The summed E-state index contributed by atoms with van der Waals surface area (Å²) in [6.45, 7) is 6.36. The van der Waals surface area contributed by atoms with Gasteiger partial charge in [-0.25, -0.2) is 0 Å². The molecular weight excluding hydrogens is 294 g/mol. The van der Waals surface area contributed by atoms with E-state index in [-0.39, 0.29) is 5.78 Å². The minimum Gasteiger partial charge on any atom is -0.351 e. The Morgan fingerprint density at radius 2 is 1.79 bits per heavy atom. The molecule has 0 bridgehead atoms. The lowest BCUT2D eigenvalue weighted by Gasteiger charge is -2.13. The number of carbonyl (C=O) groups is 1. The van der Waals surface area contributed by atoms with E-state index in [1.54, 1.807) is 0 Å². The molecule has 0 radical (unpaired) electrons. The van der Waals surface area contributed by atoms with Crippen molar-refractivity contribution in [1.82, 2.24) is 0 Å². The molecule has 0 aliphatic carbocycles. The molecule has 0 fully saturated rings. The van der Waals surface area contributed by atoms with Gasteiger partial charge in [-0.05, 0) is 49.8 Å². The molecule has 2 rings (SSSR count). The first kappa shape index (κ1) is 18.4. The maximum atomic E-state index is 12.3. The lowest BCUT2D eigenvalue weighted by molar-refractivity contribution is -0.428. The Morgan fingerprint density at radius 1 is 1.04 bits per heavy atom. The minimum absolute atomic E-state index is 0.261. The fraction of sp³-hybridized carbons (Fsp3) is 0.409. The van der Waals surface area contributed by atoms with E-state index in [1.165, 1.54) is 16.7 Å². The number of hydrogen-bond acceptors (Lipinski definition) is 1. The van der Waals surface area contributed by atoms with Crippen LogP contribution in [0, 0.1) is 13.8 Å². The van der Waals surface area contributed by atoms with Crippen molar-refractivity contribution in [2.75, 3.05) is 0 Å². The van der Waals surface area contributed by atoms with Gasteiger partial charge >= 0.3 is 0 Å². The van der Waals surface area contributed by atoms with E-state index in [4.69, 9.17) is 0 Å². The number of unbranched alkanes of at least 4 members (excludes halogenated alkanes) is 1. The van der Waals surface area contributed by atoms with Crippen molar-refractivity contribution in [3.63, 3.8) is 0 Å². The van der Waals surface area contributed by atoms with Crippen molar-refractivity contribution in [3.8, 4) is 0 Å². The average molecular weight is 324 g/mol. The predicted octanol–water partition coefficient (Wildman–Crippen LogP) is 4.59. The van der Waals surface area contributed by atoms with Crippen LogP contribution in [-0.4, -0.2) is 5.78 Å². The molecule has 1 unspecified atom stereocenters. The lowest BCUT2D eigenvalue weighted by atomic mass is 9.94. The van der Waals surface area contributed by atoms with Gasteiger partial charge in [-0.2, -0.15) is 0 Å². The second-order valence-corrected chi connectivity index (χ2v) is 6.73. The van der Waals surface area contributed by atoms with Crippen molar-refractivity contribution >= 4 is 5.78 Å². The maximum absolute atomic E-state index is 12.3. The normalized spacial score (nSPS) is 12.2. The molecule has 3 N–H and O–H groups in total. The number of benzene rings is 2. The van der Waals surface area contributed by atoms with Crippen LogP contribution in [0.4, 0.5) is 0 Å². The molecule has 0 aliphatic heterocycles. The molecule has 2 aromatic rings. The first-order valence-electron chi connectivity index (χ1n) is 9.04. The van der Waals surface area contributed by atoms with Crippen molar-refractivity contribution in [3.05, 3.63) is 70.3 Å². The summed E-state index contributed by atoms with van der Waals surface area (Å²) < 4.78 is 0. The largest absolute Gasteiger partial charge is 0.351 e. The van der Waals surface area contributed by atoms with Crippen LogP contribution < -0.4 is 5.73 Å². The van der Waals surface area contributed by atoms with Crippen LogP contribution in [0.15, 0.2) is 42.5 Å². The third kappa shape index (κ3) is 4.78. The van der Waals surface area contributed by atoms with Crippen molar-refractivity contribution in [2.24, 2.45) is 0 Å². The fourth-order valence-corrected chi connectivity index (χ4v) is 3.27. The molecule has 0 spiro atoms. The van der Waals surface area contributed by atoms with E-state index in [2.05, 4.69) is 37.8 Å². The van der Waals surface area contributed by atoms with Crippen LogP contribution in [0.25, 0.3) is 0 Å². The van der Waals surface area contributed by atoms with Crippen LogP contribution in [-0.2, 0) is 6.42 Å². The summed E-state index contributed by atoms with van der Waals surface area (Å²) in [7, 11) is 0. The summed E-state index contributed by atoms with van der Waals surface area (Å²) in [4.78, 5) is 12.3. The number of aryl methyl sites for hydroxylation is 3. The van der Waals surface area contributed by atoms with Crippen LogP contribution in [0.5, 0.6) is 0 Å². The second kappa shape index (κ2) is 8.79. The second-order valence-electron chi connectivity index (χ2n) is 6.73. The summed E-state index contributed by atoms with van der Waals surface area (Å²) in [6, 6.07) is 14.9. The number of carbonyl (C=O) groups excluding carboxylic acids is 1. The first-order chi connectivity index (χ1) is 11.5. The fourth-order valence-electron chi connectivity index (χ4n) is 3.27. The first-order valence-corrected chi connectivity index (χ1v) is 9.04. The highest BCUT2D eigenvalue weighted by Gasteiger charge is 2.13. The molecule has 2 heteroatoms. The average Bonchev–Trinajstić information content (AvgIpc) is 2.58. The van der Waals surface area contributed by atoms with E-state index in [0.29, 0.717) is 12.5 Å². The molecule has 0 heterocycles. The highest BCUT2D eigenvalue weighted by atomic mass is 16.1. The van der Waals surface area contributed by atoms with Crippen molar-refractivity contribution in [2.45, 2.75) is 58.9 Å². The zero-order chi connectivity index (χ0) is 17.5. The van der Waals surface area contributed by atoms with Gasteiger partial charge in [-0.3, -0.25) is 4.79 Å². The molecular formula is C22H30NO+. The highest BCUT2D eigenvalue weighted by molar-refractivity contribution is 5.97. The van der Waals surface area contributed by atoms with Gasteiger partial charge in [0.25, 0.3) is 0 Å². The predicted molar refractivity (Wildman–Crippen MR) is 100 cm³/mol. The Kier molecular flexibility index (Phi) is 6.74. The third-order valence-electron chi connectivity index (χ3n) is 4.83. The SMILES string of the molecule is CCc1ccc(C([NH3+])CCCCC(=O)c2ccccc2C)c(C)c1. The topological polar surface area (TPSA) is 44.7 Å². The number of Topliss-reactive ketones (excluding diaryl/α,β-unsaturated/α-hetero) is 1. The smallest absolute Gasteiger partial charge is 0.163 e. The van der Waals surface area contributed by atoms with Crippen LogP contribution >= 0.6 is 0 Å². The number of rotatable bonds is 8. The van der Waals surface area contributed by atoms with Gasteiger partial charge in [-0.1, -0.05) is 49.4 Å². The summed E-state index contributed by atoms with van der Waals surface area (Å²) in [5.74, 6) is 0.261. The molecule has 0 aliphatic rings. The Labute approximate surface area is 146 Å². The molecule has 0 saturated carbocycles. The molecule has 0 saturated heterocycles. The van der Waals surface area contributed by atoms with Gasteiger partial charge in [0.2, 0.25) is 0 Å². The maximum Gasteiger partial charge on any atom is 0.163 e. The summed E-state index contributed by atoms with van der Waals surface area (Å²) >= 11 is 0. The van der Waals surface area contributed by atoms with Crippen molar-refractivity contribution in [1.29, 1.82) is 0 Å². The Balaban J connectivity index is 1.82. The van der Waals surface area contributed by atoms with Crippen molar-refractivity contribution < 1.29 is 10.5 Å². The molecule has 2 aromatic carbocycles. The zero-order valence-corrected chi connectivity index (χ0v) is 15.3. The Bertz CT molecular complexity index is 690.